The molecule has 0 aromatic carbocycles. The van der Waals surface area contributed by atoms with Crippen LogP contribution in [-0.4, -0.2) is 43.4 Å². The molecular weight excluding hydrogens is 320 g/mol. The second-order valence-corrected chi connectivity index (χ2v) is 7.14. The standard InChI is InChI=1S/C19H34N2O4.2H2/c1-4-5-17(22)20-11-13-25-12-10-18(23)21-16-8-6-15(7-9-16)19(24)14(2)3;;/h14-16H,4-13H2,1-3H3,(H,20,22)(H,21,23);2*1H. The maximum absolute atomic E-state index is 12.0. The minimum Gasteiger partial charge on any atom is -0.379 e. The summed E-state index contributed by atoms with van der Waals surface area (Å²) in [6.07, 6.45) is 5.19. The Hall–Kier alpha value is -1.43. The highest BCUT2D eigenvalue weighted by Crippen LogP contribution is 2.27. The van der Waals surface area contributed by atoms with Crippen molar-refractivity contribution in [1.29, 1.82) is 0 Å². The first-order valence-corrected chi connectivity index (χ1v) is 9.61. The molecule has 25 heavy (non-hydrogen) atoms. The average molecular weight is 359 g/mol. The lowest BCUT2D eigenvalue weighted by atomic mass is 9.80. The number of nitrogens with one attached hydrogen (secondary N) is 2. The van der Waals surface area contributed by atoms with Crippen LogP contribution in [0.2, 0.25) is 0 Å². The molecule has 1 aliphatic rings. The Bertz CT molecular complexity index is 439. The molecule has 0 radical (unpaired) electrons. The zero-order chi connectivity index (χ0) is 18.7. The van der Waals surface area contributed by atoms with Gasteiger partial charge in [-0.2, -0.15) is 0 Å². The molecular formula is C19H38N2O4. The van der Waals surface area contributed by atoms with Crippen LogP contribution in [0.5, 0.6) is 0 Å². The number of ether oxygens (including phenoxy) is 1. The molecule has 0 bridgehead atoms. The van der Waals surface area contributed by atoms with Crippen molar-refractivity contribution in [1.82, 2.24) is 10.6 Å². The lowest BCUT2D eigenvalue weighted by molar-refractivity contribution is -0.127. The van der Waals surface area contributed by atoms with Crippen molar-refractivity contribution >= 4 is 17.6 Å². The average Bonchev–Trinajstić information content (AvgIpc) is 2.58. The van der Waals surface area contributed by atoms with Gasteiger partial charge in [0, 0.05) is 40.1 Å². The van der Waals surface area contributed by atoms with Crippen molar-refractivity contribution in [3.8, 4) is 0 Å². The maximum Gasteiger partial charge on any atom is 0.222 e. The summed E-state index contributed by atoms with van der Waals surface area (Å²) in [4.78, 5) is 35.2. The summed E-state index contributed by atoms with van der Waals surface area (Å²) >= 11 is 0. The van der Waals surface area contributed by atoms with E-state index in [1.807, 2.05) is 20.8 Å². The molecule has 0 aliphatic heterocycles. The SMILES string of the molecule is CCCC(=O)NCCOCCC(=O)NC1CCC(C(=O)C(C)C)CC1.[HH].[HH]. The molecule has 1 fully saturated rings. The van der Waals surface area contributed by atoms with Crippen LogP contribution in [0.1, 0.15) is 68.6 Å². The summed E-state index contributed by atoms with van der Waals surface area (Å²) in [5.41, 5.74) is 0. The van der Waals surface area contributed by atoms with Crippen molar-refractivity contribution in [3.63, 3.8) is 0 Å². The molecule has 1 saturated carbocycles. The monoisotopic (exact) mass is 358 g/mol. The smallest absolute Gasteiger partial charge is 0.222 e. The fourth-order valence-electron chi connectivity index (χ4n) is 3.14. The maximum atomic E-state index is 12.0. The molecule has 2 amide bonds. The van der Waals surface area contributed by atoms with Crippen LogP contribution < -0.4 is 10.6 Å². The van der Waals surface area contributed by atoms with E-state index in [9.17, 15) is 14.4 Å². The number of hydrogen-bond donors (Lipinski definition) is 2. The van der Waals surface area contributed by atoms with Crippen molar-refractivity contribution in [2.75, 3.05) is 19.8 Å². The zero-order valence-corrected chi connectivity index (χ0v) is 15.9. The van der Waals surface area contributed by atoms with E-state index in [2.05, 4.69) is 10.6 Å². The Morgan fingerprint density at radius 3 is 2.32 bits per heavy atom. The number of carbonyl (C=O) groups is 3. The van der Waals surface area contributed by atoms with Gasteiger partial charge in [-0.15, -0.1) is 0 Å². The van der Waals surface area contributed by atoms with Gasteiger partial charge < -0.3 is 15.4 Å². The summed E-state index contributed by atoms with van der Waals surface area (Å²) in [5.74, 6) is 0.646. The fraction of sp³-hybridized carbons (Fsp3) is 0.842. The van der Waals surface area contributed by atoms with Gasteiger partial charge in [0.1, 0.15) is 5.78 Å². The number of ketones is 1. The molecule has 0 atom stereocenters. The lowest BCUT2D eigenvalue weighted by Gasteiger charge is -2.29. The Balaban J connectivity index is 0. The zero-order valence-electron chi connectivity index (χ0n) is 15.9. The molecule has 0 aromatic heterocycles. The second-order valence-electron chi connectivity index (χ2n) is 7.14. The van der Waals surface area contributed by atoms with Crippen LogP contribution in [0.25, 0.3) is 0 Å². The molecule has 0 heterocycles. The van der Waals surface area contributed by atoms with Crippen LogP contribution in [0.15, 0.2) is 0 Å². The Morgan fingerprint density at radius 2 is 1.72 bits per heavy atom. The van der Waals surface area contributed by atoms with Gasteiger partial charge in [-0.25, -0.2) is 0 Å². The van der Waals surface area contributed by atoms with Gasteiger partial charge in [-0.3, -0.25) is 14.4 Å². The van der Waals surface area contributed by atoms with E-state index < -0.39 is 0 Å². The van der Waals surface area contributed by atoms with E-state index in [0.717, 1.165) is 32.1 Å². The van der Waals surface area contributed by atoms with E-state index in [1.54, 1.807) is 0 Å². The van der Waals surface area contributed by atoms with Gasteiger partial charge >= 0.3 is 0 Å². The van der Waals surface area contributed by atoms with Gasteiger partial charge in [-0.1, -0.05) is 20.8 Å². The van der Waals surface area contributed by atoms with Crippen molar-refractivity contribution in [2.24, 2.45) is 11.8 Å². The highest BCUT2D eigenvalue weighted by Gasteiger charge is 2.28. The first-order valence-electron chi connectivity index (χ1n) is 9.61. The molecule has 0 saturated heterocycles. The van der Waals surface area contributed by atoms with Crippen LogP contribution >= 0.6 is 0 Å². The van der Waals surface area contributed by atoms with Gasteiger partial charge in [0.25, 0.3) is 0 Å². The van der Waals surface area contributed by atoms with Gasteiger partial charge in [0.15, 0.2) is 0 Å². The Kier molecular flexibility index (Phi) is 10.4. The Morgan fingerprint density at radius 1 is 1.04 bits per heavy atom. The van der Waals surface area contributed by atoms with Crippen LogP contribution in [0, 0.1) is 11.8 Å². The third-order valence-electron chi connectivity index (χ3n) is 4.58. The molecule has 0 spiro atoms. The largest absolute Gasteiger partial charge is 0.379 e. The molecule has 148 valence electrons. The quantitative estimate of drug-likeness (QED) is 0.556. The Labute approximate surface area is 154 Å². The third kappa shape index (κ3) is 9.00. The summed E-state index contributed by atoms with van der Waals surface area (Å²) < 4.78 is 5.38. The van der Waals surface area contributed by atoms with Crippen LogP contribution in [-0.2, 0) is 19.1 Å². The molecule has 0 unspecified atom stereocenters. The van der Waals surface area contributed by atoms with E-state index in [-0.39, 0.29) is 32.5 Å². The van der Waals surface area contributed by atoms with Crippen molar-refractivity contribution < 1.29 is 22.0 Å². The number of amides is 2. The summed E-state index contributed by atoms with van der Waals surface area (Å²) in [6, 6.07) is 0.178. The minimum absolute atomic E-state index is 0. The highest BCUT2D eigenvalue weighted by molar-refractivity contribution is 5.83. The second kappa shape index (κ2) is 12.0. The van der Waals surface area contributed by atoms with E-state index in [4.69, 9.17) is 4.74 Å². The predicted molar refractivity (Wildman–Crippen MR) is 101 cm³/mol. The number of hydrogen-bond acceptors (Lipinski definition) is 4. The molecule has 2 N–H and O–H groups in total. The number of rotatable bonds is 11. The fourth-order valence-corrected chi connectivity index (χ4v) is 3.14. The number of Topliss-reactive ketones (excluding diaryl/α,β-unsaturated/α-hetero) is 1. The van der Waals surface area contributed by atoms with E-state index in [1.165, 1.54) is 0 Å². The first kappa shape index (κ1) is 21.6. The van der Waals surface area contributed by atoms with Crippen molar-refractivity contribution in [2.45, 2.75) is 71.8 Å². The summed E-state index contributed by atoms with van der Waals surface area (Å²) in [7, 11) is 0. The highest BCUT2D eigenvalue weighted by atomic mass is 16.5. The predicted octanol–water partition coefficient (Wildman–Crippen LogP) is 2.70. The molecule has 1 rings (SSSR count). The molecule has 0 aromatic rings. The summed E-state index contributed by atoms with van der Waals surface area (Å²) in [5, 5.41) is 5.80. The van der Waals surface area contributed by atoms with E-state index >= 15 is 0 Å². The topological polar surface area (TPSA) is 84.5 Å². The first-order chi connectivity index (χ1) is 11.9. The number of carbonyl (C=O) groups excluding carboxylic acids is 3. The van der Waals surface area contributed by atoms with Crippen LogP contribution in [0.3, 0.4) is 0 Å². The molecule has 6 nitrogen and oxygen atoms in total. The van der Waals surface area contributed by atoms with Gasteiger partial charge in [0.05, 0.1) is 13.2 Å². The van der Waals surface area contributed by atoms with Crippen molar-refractivity contribution in [3.05, 3.63) is 0 Å². The third-order valence-corrected chi connectivity index (χ3v) is 4.58. The normalized spacial score (nSPS) is 20.3. The lowest BCUT2D eigenvalue weighted by Crippen LogP contribution is -2.39. The molecule has 6 heteroatoms. The summed E-state index contributed by atoms with van der Waals surface area (Å²) in [6.45, 7) is 7.12. The van der Waals surface area contributed by atoms with Gasteiger partial charge in [-0.05, 0) is 32.1 Å². The van der Waals surface area contributed by atoms with Crippen LogP contribution in [0.4, 0.5) is 0 Å². The molecule has 1 aliphatic carbocycles. The van der Waals surface area contributed by atoms with E-state index in [0.29, 0.717) is 38.4 Å². The van der Waals surface area contributed by atoms with Gasteiger partial charge in [0.2, 0.25) is 11.8 Å². The minimum atomic E-state index is -0.00588.